The van der Waals surface area contributed by atoms with Crippen LogP contribution in [0.3, 0.4) is 0 Å². The molecule has 0 bridgehead atoms. The van der Waals surface area contributed by atoms with Crippen LogP contribution in [0.15, 0.2) is 36.9 Å². The summed E-state index contributed by atoms with van der Waals surface area (Å²) < 4.78 is 0. The van der Waals surface area contributed by atoms with Crippen LogP contribution in [0.4, 0.5) is 5.69 Å². The Morgan fingerprint density at radius 2 is 2.09 bits per heavy atom. The summed E-state index contributed by atoms with van der Waals surface area (Å²) in [6.45, 7) is 3.56. The second kappa shape index (κ2) is 6.32. The Morgan fingerprint density at radius 3 is 2.65 bits per heavy atom. The van der Waals surface area contributed by atoms with Gasteiger partial charge >= 0.3 is 0 Å². The molecule has 0 spiro atoms. The first-order valence-electron chi connectivity index (χ1n) is 6.96. The minimum Gasteiger partial charge on any atom is -0.368 e. The fraction of sp³-hybridized carbons (Fsp3) is 0.250. The van der Waals surface area contributed by atoms with E-state index in [1.807, 2.05) is 6.07 Å². The van der Waals surface area contributed by atoms with Crippen LogP contribution in [0.2, 0.25) is 0 Å². The molecule has 0 radical (unpaired) electrons. The second-order valence-electron chi connectivity index (χ2n) is 5.27. The van der Waals surface area contributed by atoms with Gasteiger partial charge in [-0.15, -0.1) is 0 Å². The van der Waals surface area contributed by atoms with Gasteiger partial charge in [0, 0.05) is 13.1 Å². The normalized spacial score (nSPS) is 19.7. The van der Waals surface area contributed by atoms with Gasteiger partial charge in [0.25, 0.3) is 5.91 Å². The van der Waals surface area contributed by atoms with Crippen molar-refractivity contribution < 1.29 is 14.4 Å². The molecule has 1 atom stereocenters. The van der Waals surface area contributed by atoms with Crippen LogP contribution in [-0.4, -0.2) is 35.7 Å². The van der Waals surface area contributed by atoms with Crippen molar-refractivity contribution in [3.8, 4) is 6.07 Å². The van der Waals surface area contributed by atoms with Crippen LogP contribution in [0.1, 0.15) is 16.8 Å². The monoisotopic (exact) mass is 312 g/mol. The molecule has 1 aliphatic heterocycles. The maximum absolute atomic E-state index is 12.7. The van der Waals surface area contributed by atoms with Gasteiger partial charge in [-0.1, -0.05) is 18.7 Å². The SMILES string of the molecule is C=CC(=O)Nc1ccccc1C(=O)N1CCC(C#N)(C(N)=O)C1. The zero-order chi connectivity index (χ0) is 17.0. The number of para-hydroxylation sites is 1. The number of anilines is 1. The summed E-state index contributed by atoms with van der Waals surface area (Å²) >= 11 is 0. The lowest BCUT2D eigenvalue weighted by atomic mass is 9.88. The number of nitriles is 1. The zero-order valence-corrected chi connectivity index (χ0v) is 12.4. The third kappa shape index (κ3) is 3.06. The Hall–Kier alpha value is -3.14. The highest BCUT2D eigenvalue weighted by Gasteiger charge is 2.45. The summed E-state index contributed by atoms with van der Waals surface area (Å²) in [7, 11) is 0. The smallest absolute Gasteiger partial charge is 0.256 e. The van der Waals surface area contributed by atoms with Crippen LogP contribution in [0, 0.1) is 16.7 Å². The molecular formula is C16H16N4O3. The number of nitrogens with zero attached hydrogens (tertiary/aromatic N) is 2. The number of rotatable bonds is 4. The molecule has 1 aromatic carbocycles. The highest BCUT2D eigenvalue weighted by molar-refractivity contribution is 6.06. The van der Waals surface area contributed by atoms with Crippen molar-refractivity contribution in [2.24, 2.45) is 11.1 Å². The Labute approximate surface area is 133 Å². The lowest BCUT2D eigenvalue weighted by Gasteiger charge is -2.20. The molecule has 118 valence electrons. The van der Waals surface area contributed by atoms with Crippen molar-refractivity contribution in [3.05, 3.63) is 42.5 Å². The molecule has 0 aliphatic carbocycles. The van der Waals surface area contributed by atoms with E-state index in [-0.39, 0.29) is 31.0 Å². The van der Waals surface area contributed by atoms with Gasteiger partial charge in [0.2, 0.25) is 11.8 Å². The number of nitrogens with two attached hydrogens (primary N) is 1. The van der Waals surface area contributed by atoms with E-state index in [4.69, 9.17) is 5.73 Å². The van der Waals surface area contributed by atoms with Gasteiger partial charge in [0.15, 0.2) is 5.41 Å². The molecule has 7 heteroatoms. The molecule has 2 rings (SSSR count). The molecular weight excluding hydrogens is 296 g/mol. The maximum Gasteiger partial charge on any atom is 0.256 e. The van der Waals surface area contributed by atoms with E-state index in [1.54, 1.807) is 24.3 Å². The van der Waals surface area contributed by atoms with Gasteiger partial charge in [-0.3, -0.25) is 14.4 Å². The first-order valence-corrected chi connectivity index (χ1v) is 6.96. The number of hydrogen-bond donors (Lipinski definition) is 2. The van der Waals surface area contributed by atoms with E-state index >= 15 is 0 Å². The first kappa shape index (κ1) is 16.2. The molecule has 0 saturated carbocycles. The average Bonchev–Trinajstić information content (AvgIpc) is 3.00. The van der Waals surface area contributed by atoms with E-state index in [2.05, 4.69) is 11.9 Å². The van der Waals surface area contributed by atoms with Crippen molar-refractivity contribution in [1.29, 1.82) is 5.26 Å². The van der Waals surface area contributed by atoms with Crippen LogP contribution in [0.25, 0.3) is 0 Å². The lowest BCUT2D eigenvalue weighted by molar-refractivity contribution is -0.124. The third-order valence-corrected chi connectivity index (χ3v) is 3.84. The van der Waals surface area contributed by atoms with Crippen LogP contribution < -0.4 is 11.1 Å². The molecule has 3 amide bonds. The molecule has 23 heavy (non-hydrogen) atoms. The van der Waals surface area contributed by atoms with Crippen molar-refractivity contribution >= 4 is 23.4 Å². The number of primary amides is 1. The molecule has 1 aliphatic rings. The quantitative estimate of drug-likeness (QED) is 0.794. The largest absolute Gasteiger partial charge is 0.368 e. The number of nitrogens with one attached hydrogen (secondary N) is 1. The highest BCUT2D eigenvalue weighted by Crippen LogP contribution is 2.31. The molecule has 7 nitrogen and oxygen atoms in total. The third-order valence-electron chi connectivity index (χ3n) is 3.84. The summed E-state index contributed by atoms with van der Waals surface area (Å²) in [5.74, 6) is -1.54. The summed E-state index contributed by atoms with van der Waals surface area (Å²) in [6.07, 6.45) is 1.30. The first-order chi connectivity index (χ1) is 10.9. The standard InChI is InChI=1S/C16H16N4O3/c1-2-13(21)19-12-6-4-3-5-11(12)14(22)20-8-7-16(9-17,10-20)15(18)23/h2-6H,1,7-8,10H2,(H2,18,23)(H,19,21). The van der Waals surface area contributed by atoms with Crippen LogP contribution in [-0.2, 0) is 9.59 Å². The predicted molar refractivity (Wildman–Crippen MR) is 83.0 cm³/mol. The van der Waals surface area contributed by atoms with Crippen LogP contribution in [0.5, 0.6) is 0 Å². The van der Waals surface area contributed by atoms with Crippen LogP contribution >= 0.6 is 0 Å². The topological polar surface area (TPSA) is 116 Å². The predicted octanol–water partition coefficient (Wildman–Crippen LogP) is 0.652. The second-order valence-corrected chi connectivity index (χ2v) is 5.27. The molecule has 1 saturated heterocycles. The van der Waals surface area contributed by atoms with Gasteiger partial charge in [-0.25, -0.2) is 0 Å². The molecule has 3 N–H and O–H groups in total. The molecule has 1 unspecified atom stereocenters. The lowest BCUT2D eigenvalue weighted by Crippen LogP contribution is -2.40. The van der Waals surface area contributed by atoms with E-state index in [1.165, 1.54) is 4.90 Å². The summed E-state index contributed by atoms with van der Waals surface area (Å²) in [5.41, 5.74) is 4.56. The van der Waals surface area contributed by atoms with Crippen molar-refractivity contribution in [3.63, 3.8) is 0 Å². The fourth-order valence-electron chi connectivity index (χ4n) is 2.46. The van der Waals surface area contributed by atoms with E-state index in [0.717, 1.165) is 6.08 Å². The minimum absolute atomic E-state index is 0.0542. The number of likely N-dealkylation sites (tertiary alicyclic amines) is 1. The van der Waals surface area contributed by atoms with E-state index in [9.17, 15) is 19.6 Å². The number of amides is 3. The molecule has 0 aromatic heterocycles. The highest BCUT2D eigenvalue weighted by atomic mass is 16.2. The Kier molecular flexibility index (Phi) is 4.46. The summed E-state index contributed by atoms with van der Waals surface area (Å²) in [4.78, 5) is 37.0. The number of carbonyl (C=O) groups excluding carboxylic acids is 3. The Morgan fingerprint density at radius 1 is 1.39 bits per heavy atom. The van der Waals surface area contributed by atoms with Gasteiger partial charge < -0.3 is 16.0 Å². The van der Waals surface area contributed by atoms with Gasteiger partial charge in [-0.2, -0.15) is 5.26 Å². The number of benzene rings is 1. The van der Waals surface area contributed by atoms with Gasteiger partial charge in [0.05, 0.1) is 17.3 Å². The van der Waals surface area contributed by atoms with Gasteiger partial charge in [-0.05, 0) is 24.6 Å². The van der Waals surface area contributed by atoms with E-state index in [0.29, 0.717) is 5.69 Å². The van der Waals surface area contributed by atoms with Crippen molar-refractivity contribution in [2.75, 3.05) is 18.4 Å². The Balaban J connectivity index is 2.26. The van der Waals surface area contributed by atoms with E-state index < -0.39 is 17.2 Å². The molecule has 1 fully saturated rings. The zero-order valence-electron chi connectivity index (χ0n) is 12.4. The summed E-state index contributed by atoms with van der Waals surface area (Å²) in [6, 6.07) is 8.43. The number of carbonyl (C=O) groups is 3. The van der Waals surface area contributed by atoms with Crippen molar-refractivity contribution in [2.45, 2.75) is 6.42 Å². The average molecular weight is 312 g/mol. The van der Waals surface area contributed by atoms with Gasteiger partial charge in [0.1, 0.15) is 0 Å². The number of hydrogen-bond acceptors (Lipinski definition) is 4. The summed E-state index contributed by atoms with van der Waals surface area (Å²) in [5, 5.41) is 11.8. The fourth-order valence-corrected chi connectivity index (χ4v) is 2.46. The molecule has 1 aromatic rings. The minimum atomic E-state index is -1.35. The molecule has 1 heterocycles. The maximum atomic E-state index is 12.7. The van der Waals surface area contributed by atoms with Crippen molar-refractivity contribution in [1.82, 2.24) is 4.90 Å². The Bertz CT molecular complexity index is 722.